The molecule has 0 aromatic rings. The molecule has 0 aromatic carbocycles. The fourth-order valence-electron chi connectivity index (χ4n) is 2.56. The van der Waals surface area contributed by atoms with Gasteiger partial charge in [0.2, 0.25) is 5.91 Å². The van der Waals surface area contributed by atoms with Crippen molar-refractivity contribution >= 4 is 17.7 Å². The van der Waals surface area contributed by atoms with Crippen molar-refractivity contribution in [3.63, 3.8) is 0 Å². The first kappa shape index (κ1) is 14.0. The predicted octanol–water partition coefficient (Wildman–Crippen LogP) is 1.63. The van der Waals surface area contributed by atoms with Crippen molar-refractivity contribution in [2.75, 3.05) is 24.6 Å². The molecule has 2 saturated heterocycles. The minimum atomic E-state index is -4.28. The van der Waals surface area contributed by atoms with Crippen molar-refractivity contribution in [1.82, 2.24) is 10.2 Å². The van der Waals surface area contributed by atoms with Gasteiger partial charge < -0.3 is 5.32 Å². The van der Waals surface area contributed by atoms with Gasteiger partial charge in [0, 0.05) is 25.6 Å². The number of carbonyl (C=O) groups excluding carboxylic acids is 1. The molecule has 0 aromatic heterocycles. The van der Waals surface area contributed by atoms with Gasteiger partial charge in [-0.1, -0.05) is 0 Å². The number of hydrogen-bond donors (Lipinski definition) is 1. The number of nitrogens with one attached hydrogen (secondary N) is 1. The monoisotopic (exact) mass is 282 g/mol. The number of carbonyl (C=O) groups is 1. The van der Waals surface area contributed by atoms with Gasteiger partial charge in [-0.3, -0.25) is 9.69 Å². The topological polar surface area (TPSA) is 32.3 Å². The Kier molecular flexibility index (Phi) is 4.42. The Bertz CT molecular complexity index is 305. The van der Waals surface area contributed by atoms with E-state index in [1.54, 1.807) is 11.8 Å². The SMILES string of the molecule is O=C1CCN(C2CCSCC2)C(C(F)(F)F)CN1. The molecule has 0 bridgehead atoms. The van der Waals surface area contributed by atoms with Gasteiger partial charge in [0.15, 0.2) is 0 Å². The number of alkyl halides is 3. The first-order valence-corrected chi connectivity index (χ1v) is 7.31. The molecule has 2 heterocycles. The van der Waals surface area contributed by atoms with Crippen LogP contribution in [0.2, 0.25) is 0 Å². The summed E-state index contributed by atoms with van der Waals surface area (Å²) in [6.07, 6.45) is -2.55. The zero-order valence-corrected chi connectivity index (χ0v) is 10.8. The van der Waals surface area contributed by atoms with Gasteiger partial charge in [-0.25, -0.2) is 0 Å². The summed E-state index contributed by atoms with van der Waals surface area (Å²) in [6, 6.07) is -1.57. The number of thioether (sulfide) groups is 1. The molecule has 1 atom stereocenters. The van der Waals surface area contributed by atoms with Crippen molar-refractivity contribution in [1.29, 1.82) is 0 Å². The minimum Gasteiger partial charge on any atom is -0.354 e. The van der Waals surface area contributed by atoms with Crippen molar-refractivity contribution in [3.05, 3.63) is 0 Å². The first-order valence-electron chi connectivity index (χ1n) is 6.15. The van der Waals surface area contributed by atoms with E-state index < -0.39 is 12.2 Å². The highest BCUT2D eigenvalue weighted by Crippen LogP contribution is 2.31. The zero-order chi connectivity index (χ0) is 13.2. The van der Waals surface area contributed by atoms with Crippen LogP contribution in [0.3, 0.4) is 0 Å². The fourth-order valence-corrected chi connectivity index (χ4v) is 3.64. The molecule has 104 valence electrons. The molecular weight excluding hydrogens is 265 g/mol. The summed E-state index contributed by atoms with van der Waals surface area (Å²) in [5.41, 5.74) is 0. The molecule has 3 nitrogen and oxygen atoms in total. The van der Waals surface area contributed by atoms with Crippen LogP contribution in [0.4, 0.5) is 13.2 Å². The van der Waals surface area contributed by atoms with Gasteiger partial charge in [-0.05, 0) is 24.3 Å². The van der Waals surface area contributed by atoms with Crippen LogP contribution in [0.15, 0.2) is 0 Å². The van der Waals surface area contributed by atoms with E-state index in [9.17, 15) is 18.0 Å². The smallest absolute Gasteiger partial charge is 0.354 e. The van der Waals surface area contributed by atoms with Crippen LogP contribution in [0.25, 0.3) is 0 Å². The summed E-state index contributed by atoms with van der Waals surface area (Å²) in [6.45, 7) is -0.0999. The van der Waals surface area contributed by atoms with Crippen LogP contribution < -0.4 is 5.32 Å². The molecule has 1 unspecified atom stereocenters. The van der Waals surface area contributed by atoms with Crippen molar-refractivity contribution in [2.45, 2.75) is 37.5 Å². The quantitative estimate of drug-likeness (QED) is 0.793. The van der Waals surface area contributed by atoms with E-state index in [0.29, 0.717) is 0 Å². The standard InChI is InChI=1S/C11H17F3N2OS/c12-11(13,14)9-7-15-10(17)1-4-16(9)8-2-5-18-6-3-8/h8-9H,1-7H2,(H,15,17). The number of hydrogen-bond acceptors (Lipinski definition) is 3. The normalized spacial score (nSPS) is 28.8. The second kappa shape index (κ2) is 5.69. The third-order valence-electron chi connectivity index (χ3n) is 3.53. The van der Waals surface area contributed by atoms with E-state index in [0.717, 1.165) is 24.3 Å². The molecule has 2 aliphatic rings. The maximum absolute atomic E-state index is 13.1. The lowest BCUT2D eigenvalue weighted by molar-refractivity contribution is -0.187. The highest BCUT2D eigenvalue weighted by atomic mass is 32.2. The molecule has 2 fully saturated rings. The van der Waals surface area contributed by atoms with E-state index in [2.05, 4.69) is 5.32 Å². The molecule has 18 heavy (non-hydrogen) atoms. The van der Waals surface area contributed by atoms with Crippen molar-refractivity contribution < 1.29 is 18.0 Å². The van der Waals surface area contributed by atoms with Gasteiger partial charge in [0.25, 0.3) is 0 Å². The average Bonchev–Trinajstić information content (AvgIpc) is 2.52. The molecular formula is C11H17F3N2OS. The third-order valence-corrected chi connectivity index (χ3v) is 4.58. The van der Waals surface area contributed by atoms with Gasteiger partial charge in [0.05, 0.1) is 0 Å². The summed E-state index contributed by atoms with van der Waals surface area (Å²) in [5.74, 6) is 1.54. The zero-order valence-electron chi connectivity index (χ0n) is 10.0. The molecule has 0 radical (unpaired) electrons. The van der Waals surface area contributed by atoms with E-state index in [4.69, 9.17) is 0 Å². The lowest BCUT2D eigenvalue weighted by atomic mass is 10.1. The highest BCUT2D eigenvalue weighted by Gasteiger charge is 2.46. The molecule has 1 amide bonds. The Balaban J connectivity index is 2.12. The maximum Gasteiger partial charge on any atom is 0.405 e. The summed E-state index contributed by atoms with van der Waals surface area (Å²) < 4.78 is 39.2. The van der Waals surface area contributed by atoms with Gasteiger partial charge >= 0.3 is 6.18 Å². The van der Waals surface area contributed by atoms with Gasteiger partial charge in [0.1, 0.15) is 6.04 Å². The molecule has 2 aliphatic heterocycles. The Hall–Kier alpha value is -0.430. The van der Waals surface area contributed by atoms with E-state index in [-0.39, 0.29) is 31.5 Å². The summed E-state index contributed by atoms with van der Waals surface area (Å²) >= 11 is 1.79. The second-order valence-corrected chi connectivity index (χ2v) is 5.92. The Morgan fingerprint density at radius 1 is 1.28 bits per heavy atom. The van der Waals surface area contributed by atoms with Crippen LogP contribution in [0.5, 0.6) is 0 Å². The Morgan fingerprint density at radius 2 is 1.94 bits per heavy atom. The summed E-state index contributed by atoms with van der Waals surface area (Å²) in [5, 5.41) is 2.36. The Morgan fingerprint density at radius 3 is 2.56 bits per heavy atom. The van der Waals surface area contributed by atoms with Crippen molar-refractivity contribution in [3.8, 4) is 0 Å². The number of rotatable bonds is 1. The lowest BCUT2D eigenvalue weighted by Crippen LogP contribution is -2.54. The highest BCUT2D eigenvalue weighted by molar-refractivity contribution is 7.99. The predicted molar refractivity (Wildman–Crippen MR) is 64.5 cm³/mol. The van der Waals surface area contributed by atoms with Crippen LogP contribution in [-0.4, -0.2) is 53.7 Å². The fraction of sp³-hybridized carbons (Fsp3) is 0.909. The molecule has 7 heteroatoms. The molecule has 0 saturated carbocycles. The van der Waals surface area contributed by atoms with Gasteiger partial charge in [-0.2, -0.15) is 24.9 Å². The number of amides is 1. The maximum atomic E-state index is 13.1. The molecule has 2 rings (SSSR count). The van der Waals surface area contributed by atoms with Crippen LogP contribution in [0.1, 0.15) is 19.3 Å². The third kappa shape index (κ3) is 3.32. The van der Waals surface area contributed by atoms with Crippen LogP contribution in [-0.2, 0) is 4.79 Å². The van der Waals surface area contributed by atoms with Crippen LogP contribution in [0, 0.1) is 0 Å². The van der Waals surface area contributed by atoms with Crippen LogP contribution >= 0.6 is 11.8 Å². The number of halogens is 3. The largest absolute Gasteiger partial charge is 0.405 e. The summed E-state index contributed by atoms with van der Waals surface area (Å²) in [7, 11) is 0. The van der Waals surface area contributed by atoms with E-state index in [1.165, 1.54) is 4.90 Å². The summed E-state index contributed by atoms with van der Waals surface area (Å²) in [4.78, 5) is 12.8. The minimum absolute atomic E-state index is 0.0365. The second-order valence-electron chi connectivity index (χ2n) is 4.69. The molecule has 0 aliphatic carbocycles. The number of nitrogens with zero attached hydrogens (tertiary/aromatic N) is 1. The lowest BCUT2D eigenvalue weighted by Gasteiger charge is -2.39. The molecule has 0 spiro atoms. The Labute approximate surface area is 108 Å². The van der Waals surface area contributed by atoms with Gasteiger partial charge in [-0.15, -0.1) is 0 Å². The van der Waals surface area contributed by atoms with Crippen molar-refractivity contribution in [2.24, 2.45) is 0 Å². The first-order chi connectivity index (χ1) is 8.48. The average molecular weight is 282 g/mol. The van der Waals surface area contributed by atoms with E-state index >= 15 is 0 Å². The molecule has 1 N–H and O–H groups in total. The van der Waals surface area contributed by atoms with E-state index in [1.807, 2.05) is 0 Å².